The molecule has 0 aliphatic heterocycles. The lowest BCUT2D eigenvalue weighted by Gasteiger charge is -2.05. The van der Waals surface area contributed by atoms with Gasteiger partial charge in [-0.2, -0.15) is 15.0 Å². The fourth-order valence-corrected chi connectivity index (χ4v) is 4.44. The van der Waals surface area contributed by atoms with E-state index in [2.05, 4.69) is 51.5 Å². The van der Waals surface area contributed by atoms with Crippen molar-refractivity contribution < 1.29 is 14.2 Å². The van der Waals surface area contributed by atoms with Gasteiger partial charge in [-0.1, -0.05) is 82.2 Å². The molecule has 0 saturated heterocycles. The summed E-state index contributed by atoms with van der Waals surface area (Å²) in [6.45, 7) is 1.37. The molecular weight excluding hydrogens is 584 g/mol. The first-order valence-electron chi connectivity index (χ1n) is 14.2. The van der Waals surface area contributed by atoms with Gasteiger partial charge in [0, 0.05) is 17.4 Å². The van der Waals surface area contributed by atoms with E-state index >= 15 is 0 Å². The Hall–Kier alpha value is -6.90. The number of benzene rings is 4. The molecule has 224 valence electrons. The van der Waals surface area contributed by atoms with Gasteiger partial charge in [0.1, 0.15) is 22.7 Å². The lowest BCUT2D eigenvalue weighted by Crippen LogP contribution is -2.36. The molecule has 0 bridgehead atoms. The minimum atomic E-state index is -0.355. The fourth-order valence-electron chi connectivity index (χ4n) is 4.44. The summed E-state index contributed by atoms with van der Waals surface area (Å²) in [5.41, 5.74) is 3.01. The average molecular weight is 611 g/mol. The number of para-hydroxylation sites is 4. The number of aromatic nitrogens is 11. The summed E-state index contributed by atoms with van der Waals surface area (Å²) < 4.78 is 3.24. The van der Waals surface area contributed by atoms with Crippen LogP contribution in [0.25, 0.3) is 22.7 Å². The number of carbonyl (C=O) groups excluding carboxylic acids is 1. The molecule has 0 atom stereocenters. The number of nitrogens with one attached hydrogen (secondary N) is 3. The summed E-state index contributed by atoms with van der Waals surface area (Å²) in [4.78, 5) is 28.5. The van der Waals surface area contributed by atoms with E-state index < -0.39 is 0 Å². The van der Waals surface area contributed by atoms with Gasteiger partial charge in [0.15, 0.2) is 0 Å². The number of hydrogen-bond donors (Lipinski definition) is 3. The summed E-state index contributed by atoms with van der Waals surface area (Å²) in [5, 5.41) is 27.6. The van der Waals surface area contributed by atoms with Crippen LogP contribution in [0.3, 0.4) is 0 Å². The van der Waals surface area contributed by atoms with Gasteiger partial charge >= 0.3 is 11.9 Å². The quantitative estimate of drug-likeness (QED) is 0.207. The van der Waals surface area contributed by atoms with Crippen molar-refractivity contribution in [3.63, 3.8) is 0 Å². The van der Waals surface area contributed by atoms with Crippen molar-refractivity contribution >= 4 is 35.6 Å². The lowest BCUT2D eigenvalue weighted by molar-refractivity contribution is -0.647. The van der Waals surface area contributed by atoms with Crippen molar-refractivity contribution in [1.29, 1.82) is 0 Å². The monoisotopic (exact) mass is 610 g/mol. The Labute approximate surface area is 261 Å². The number of rotatable bonds is 9. The number of tetrazole rings is 2. The molecule has 7 aromatic rings. The maximum atomic E-state index is 12.0. The van der Waals surface area contributed by atoms with Crippen LogP contribution >= 0.6 is 0 Å². The van der Waals surface area contributed by atoms with Gasteiger partial charge in [0.2, 0.25) is 11.9 Å². The Balaban J connectivity index is 1.29. The Morgan fingerprint density at radius 3 is 1.30 bits per heavy atom. The van der Waals surface area contributed by atoms with Crippen molar-refractivity contribution in [3.05, 3.63) is 121 Å². The number of amides is 1. The first-order chi connectivity index (χ1) is 22.6. The van der Waals surface area contributed by atoms with E-state index in [1.165, 1.54) is 16.5 Å². The van der Waals surface area contributed by atoms with E-state index in [-0.39, 0.29) is 23.8 Å². The highest BCUT2D eigenvalue weighted by molar-refractivity contribution is 5.87. The number of anilines is 5. The predicted octanol–water partition coefficient (Wildman–Crippen LogP) is 3.03. The van der Waals surface area contributed by atoms with E-state index in [1.807, 2.05) is 121 Å². The Morgan fingerprint density at radius 1 is 0.543 bits per heavy atom. The highest BCUT2D eigenvalue weighted by Gasteiger charge is 2.26. The second-order valence-electron chi connectivity index (χ2n) is 9.81. The standard InChI is InChI=1S/C31H25N14O/c1-22(46)32-27-33-28(36-30-38-44(25-18-10-4-11-19-25)40-42(30)23-14-6-2-7-15-23)35-29(34-27)37-31-39-45(26-20-12-5-13-21-26)41-43(31)24-16-8-3-9-17-24/h2-21H,1H3,(H2-,32,33,34,35,36,37,38,39,40,41,46)/q+1/p+1. The molecule has 0 spiro atoms. The van der Waals surface area contributed by atoms with E-state index in [0.29, 0.717) is 11.9 Å². The van der Waals surface area contributed by atoms with E-state index in [0.717, 1.165) is 22.7 Å². The van der Waals surface area contributed by atoms with Crippen LogP contribution in [0.1, 0.15) is 6.92 Å². The van der Waals surface area contributed by atoms with Crippen LogP contribution in [0.2, 0.25) is 0 Å². The van der Waals surface area contributed by atoms with Crippen LogP contribution < -0.4 is 25.3 Å². The van der Waals surface area contributed by atoms with Crippen LogP contribution in [-0.2, 0) is 4.79 Å². The Morgan fingerprint density at radius 2 is 0.913 bits per heavy atom. The van der Waals surface area contributed by atoms with Crippen LogP contribution in [-0.4, -0.2) is 51.1 Å². The van der Waals surface area contributed by atoms with Gasteiger partial charge in [-0.05, 0) is 58.1 Å². The molecule has 3 N–H and O–H groups in total. The van der Waals surface area contributed by atoms with Gasteiger partial charge in [0.25, 0.3) is 11.9 Å². The summed E-state index contributed by atoms with van der Waals surface area (Å²) in [6.07, 6.45) is 0. The summed E-state index contributed by atoms with van der Waals surface area (Å²) in [7, 11) is 0. The first kappa shape index (κ1) is 27.9. The second-order valence-corrected chi connectivity index (χ2v) is 9.81. The van der Waals surface area contributed by atoms with Crippen LogP contribution in [0, 0.1) is 0 Å². The molecule has 1 amide bonds. The molecule has 4 aromatic carbocycles. The zero-order valence-electron chi connectivity index (χ0n) is 24.4. The van der Waals surface area contributed by atoms with Crippen molar-refractivity contribution in [2.24, 2.45) is 0 Å². The molecule has 0 aliphatic carbocycles. The highest BCUT2D eigenvalue weighted by Crippen LogP contribution is 2.17. The third-order valence-corrected chi connectivity index (χ3v) is 6.47. The minimum Gasteiger partial charge on any atom is -0.295 e. The van der Waals surface area contributed by atoms with Crippen molar-refractivity contribution in [3.8, 4) is 22.7 Å². The number of carbonyl (C=O) groups is 1. The largest absolute Gasteiger partial charge is 0.410 e. The van der Waals surface area contributed by atoms with Crippen molar-refractivity contribution in [2.45, 2.75) is 6.92 Å². The predicted molar refractivity (Wildman–Crippen MR) is 166 cm³/mol. The van der Waals surface area contributed by atoms with Crippen LogP contribution in [0.4, 0.5) is 29.7 Å². The van der Waals surface area contributed by atoms with Crippen molar-refractivity contribution in [2.75, 3.05) is 16.0 Å². The molecule has 0 saturated carbocycles. The van der Waals surface area contributed by atoms with Crippen LogP contribution in [0.5, 0.6) is 0 Å². The SMILES string of the molecule is CC(=O)Nc1nc(Nc2nn(-c3ccccc3)n[n+]2-c2ccccc2)nc(Nc2nn(-c3ccccc3)n[n+]2-c2ccccc2)n1. The van der Waals surface area contributed by atoms with E-state index in [4.69, 9.17) is 0 Å². The Kier molecular flexibility index (Phi) is 7.51. The number of hydrogen-bond acceptors (Lipinski definition) is 10. The minimum absolute atomic E-state index is 0.0101. The maximum Gasteiger partial charge on any atom is 0.410 e. The zero-order chi connectivity index (χ0) is 31.3. The maximum absolute atomic E-state index is 12.0. The van der Waals surface area contributed by atoms with E-state index in [9.17, 15) is 4.79 Å². The lowest BCUT2D eigenvalue weighted by atomic mass is 10.3. The normalized spacial score (nSPS) is 10.8. The van der Waals surface area contributed by atoms with Crippen molar-refractivity contribution in [1.82, 2.24) is 45.2 Å². The third-order valence-electron chi connectivity index (χ3n) is 6.47. The zero-order valence-corrected chi connectivity index (χ0v) is 24.4. The smallest absolute Gasteiger partial charge is 0.295 e. The molecule has 15 nitrogen and oxygen atoms in total. The van der Waals surface area contributed by atoms with Gasteiger partial charge in [-0.3, -0.25) is 10.1 Å². The summed E-state index contributed by atoms with van der Waals surface area (Å²) in [6, 6.07) is 38.0. The second kappa shape index (κ2) is 12.4. The molecule has 0 aliphatic rings. The van der Waals surface area contributed by atoms with Gasteiger partial charge < -0.3 is 0 Å². The molecule has 0 radical (unpaired) electrons. The molecule has 3 aromatic heterocycles. The number of nitrogens with zero attached hydrogens (tertiary/aromatic N) is 11. The molecule has 0 fully saturated rings. The molecule has 7 rings (SSSR count). The molecule has 3 heterocycles. The highest BCUT2D eigenvalue weighted by atomic mass is 16.1. The summed E-state index contributed by atoms with van der Waals surface area (Å²) in [5.74, 6) is 0.467. The van der Waals surface area contributed by atoms with Crippen LogP contribution in [0.15, 0.2) is 121 Å². The molecule has 46 heavy (non-hydrogen) atoms. The molecule has 15 heteroatoms. The van der Waals surface area contributed by atoms with Gasteiger partial charge in [-0.25, -0.2) is 10.6 Å². The Bertz CT molecular complexity index is 1960. The fraction of sp³-hybridized carbons (Fsp3) is 0.0323. The molecule has 0 unspecified atom stereocenters. The topological polar surface area (TPSA) is 161 Å². The van der Waals surface area contributed by atoms with Gasteiger partial charge in [-0.15, -0.1) is 0 Å². The van der Waals surface area contributed by atoms with Gasteiger partial charge in [0.05, 0.1) is 10.2 Å². The molecular formula is C31H26N14O+2. The summed E-state index contributed by atoms with van der Waals surface area (Å²) >= 11 is 0. The average Bonchev–Trinajstić information content (AvgIpc) is 3.71. The van der Waals surface area contributed by atoms with E-state index in [1.54, 1.807) is 9.36 Å². The first-order valence-corrected chi connectivity index (χ1v) is 14.2. The third kappa shape index (κ3) is 6.09.